The maximum atomic E-state index is 12.2. The smallest absolute Gasteiger partial charge is 0.269 e. The molecule has 0 heterocycles. The second-order valence-electron chi connectivity index (χ2n) is 7.24. The van der Waals surface area contributed by atoms with Crippen LogP contribution in [0.1, 0.15) is 16.7 Å². The van der Waals surface area contributed by atoms with Crippen LogP contribution in [0.4, 0.5) is 11.4 Å². The van der Waals surface area contributed by atoms with Gasteiger partial charge in [-0.25, -0.2) is 0 Å². The molecule has 2 N–H and O–H groups in total. The molecule has 0 saturated carbocycles. The summed E-state index contributed by atoms with van der Waals surface area (Å²) in [5, 5.41) is 23.7. The molecule has 0 radical (unpaired) electrons. The Morgan fingerprint density at radius 2 is 1.46 bits per heavy atom. The first kappa shape index (κ1) is 24.8. The number of amides is 1. The molecule has 3 aromatic rings. The van der Waals surface area contributed by atoms with E-state index in [1.807, 2.05) is 6.08 Å². The Morgan fingerprint density at radius 1 is 0.857 bits per heavy atom. The third-order valence-electron chi connectivity index (χ3n) is 4.97. The van der Waals surface area contributed by atoms with Gasteiger partial charge in [-0.1, -0.05) is 18.2 Å². The lowest BCUT2D eigenvalue weighted by atomic mass is 10.1. The number of phenols is 1. The largest absolute Gasteiger partial charge is 0.506 e. The van der Waals surface area contributed by atoms with Crippen LogP contribution in [0.3, 0.4) is 0 Å². The first-order valence-corrected chi connectivity index (χ1v) is 10.4. The van der Waals surface area contributed by atoms with Gasteiger partial charge < -0.3 is 24.6 Å². The van der Waals surface area contributed by atoms with Gasteiger partial charge in [0.1, 0.15) is 5.75 Å². The van der Waals surface area contributed by atoms with Crippen molar-refractivity contribution < 1.29 is 29.0 Å². The second kappa shape index (κ2) is 11.4. The zero-order valence-corrected chi connectivity index (χ0v) is 19.3. The van der Waals surface area contributed by atoms with Crippen molar-refractivity contribution in [1.82, 2.24) is 0 Å². The predicted octanol–water partition coefficient (Wildman–Crippen LogP) is 5.15. The number of carbonyl (C=O) groups excluding carboxylic acids is 1. The molecule has 0 aliphatic rings. The molecule has 0 aromatic heterocycles. The zero-order chi connectivity index (χ0) is 25.4. The number of nitrogens with one attached hydrogen (secondary N) is 1. The van der Waals surface area contributed by atoms with E-state index in [0.717, 1.165) is 5.56 Å². The fourth-order valence-corrected chi connectivity index (χ4v) is 3.20. The quantitative estimate of drug-likeness (QED) is 0.144. The number of aromatic hydroxyl groups is 1. The van der Waals surface area contributed by atoms with E-state index in [1.54, 1.807) is 30.3 Å². The minimum atomic E-state index is -0.494. The van der Waals surface area contributed by atoms with Crippen LogP contribution in [0.15, 0.2) is 60.7 Å². The maximum absolute atomic E-state index is 12.2. The molecule has 9 nitrogen and oxygen atoms in total. The lowest BCUT2D eigenvalue weighted by molar-refractivity contribution is -0.384. The number of rotatable bonds is 9. The molecular weight excluding hydrogens is 452 g/mol. The van der Waals surface area contributed by atoms with Crippen LogP contribution < -0.4 is 19.5 Å². The summed E-state index contributed by atoms with van der Waals surface area (Å²) < 4.78 is 16.0. The van der Waals surface area contributed by atoms with Crippen LogP contribution in [0, 0.1) is 10.1 Å². The normalized spacial score (nSPS) is 10.9. The summed E-state index contributed by atoms with van der Waals surface area (Å²) in [6, 6.07) is 14.2. The first-order chi connectivity index (χ1) is 16.8. The van der Waals surface area contributed by atoms with E-state index in [0.29, 0.717) is 28.4 Å². The predicted molar refractivity (Wildman–Crippen MR) is 134 cm³/mol. The number of anilines is 1. The highest BCUT2D eigenvalue weighted by atomic mass is 16.6. The third-order valence-corrected chi connectivity index (χ3v) is 4.97. The van der Waals surface area contributed by atoms with Gasteiger partial charge >= 0.3 is 0 Å². The molecule has 0 saturated heterocycles. The Bertz CT molecular complexity index is 1260. The summed E-state index contributed by atoms with van der Waals surface area (Å²) in [4.78, 5) is 22.4. The van der Waals surface area contributed by atoms with Gasteiger partial charge in [-0.05, 0) is 59.2 Å². The van der Waals surface area contributed by atoms with Crippen molar-refractivity contribution in [3.63, 3.8) is 0 Å². The molecule has 35 heavy (non-hydrogen) atoms. The van der Waals surface area contributed by atoms with Crippen molar-refractivity contribution in [2.45, 2.75) is 0 Å². The van der Waals surface area contributed by atoms with Gasteiger partial charge in [0.2, 0.25) is 11.7 Å². The highest BCUT2D eigenvalue weighted by molar-refractivity contribution is 6.02. The minimum absolute atomic E-state index is 0.0315. The SMILES string of the molecule is COc1cc(/C=C/c2ccc(NC(=O)/C=C/c3ccc([N+](=O)[O-])cc3)c(O)c2)cc(OC)c1OC. The topological polar surface area (TPSA) is 120 Å². The fourth-order valence-electron chi connectivity index (χ4n) is 3.20. The van der Waals surface area contributed by atoms with Crippen molar-refractivity contribution in [1.29, 1.82) is 0 Å². The van der Waals surface area contributed by atoms with E-state index in [1.165, 1.54) is 63.8 Å². The lowest BCUT2D eigenvalue weighted by Crippen LogP contribution is -2.07. The summed E-state index contributed by atoms with van der Waals surface area (Å²) in [5.41, 5.74) is 2.34. The number of nitro groups is 1. The molecule has 3 aromatic carbocycles. The van der Waals surface area contributed by atoms with Crippen molar-refractivity contribution >= 4 is 35.5 Å². The van der Waals surface area contributed by atoms with E-state index in [9.17, 15) is 20.0 Å². The van der Waals surface area contributed by atoms with Crippen LogP contribution in [-0.2, 0) is 4.79 Å². The van der Waals surface area contributed by atoms with Crippen LogP contribution >= 0.6 is 0 Å². The van der Waals surface area contributed by atoms with Crippen molar-refractivity contribution in [3.8, 4) is 23.0 Å². The molecule has 0 bridgehead atoms. The van der Waals surface area contributed by atoms with Crippen LogP contribution in [-0.4, -0.2) is 37.3 Å². The Labute approximate surface area is 202 Å². The molecule has 0 unspecified atom stereocenters. The minimum Gasteiger partial charge on any atom is -0.506 e. The van der Waals surface area contributed by atoms with E-state index < -0.39 is 10.8 Å². The van der Waals surface area contributed by atoms with Gasteiger partial charge in [0.05, 0.1) is 31.9 Å². The summed E-state index contributed by atoms with van der Waals surface area (Å²) in [6.45, 7) is 0. The summed E-state index contributed by atoms with van der Waals surface area (Å²) in [7, 11) is 4.61. The molecule has 3 rings (SSSR count). The molecule has 0 aliphatic carbocycles. The van der Waals surface area contributed by atoms with Crippen molar-refractivity contribution in [2.75, 3.05) is 26.6 Å². The Morgan fingerprint density at radius 3 is 2.00 bits per heavy atom. The number of nitro benzene ring substituents is 1. The Hall–Kier alpha value is -4.79. The van der Waals surface area contributed by atoms with Crippen LogP contribution in [0.2, 0.25) is 0 Å². The number of nitrogens with zero attached hydrogens (tertiary/aromatic N) is 1. The fraction of sp³-hybridized carbons (Fsp3) is 0.115. The van der Waals surface area contributed by atoms with Gasteiger partial charge in [-0.3, -0.25) is 14.9 Å². The number of phenolic OH excluding ortho intramolecular Hbond substituents is 1. The number of hydrogen-bond acceptors (Lipinski definition) is 7. The average molecular weight is 476 g/mol. The van der Waals surface area contributed by atoms with Gasteiger partial charge in [-0.15, -0.1) is 0 Å². The Balaban J connectivity index is 1.69. The number of hydrogen-bond donors (Lipinski definition) is 2. The van der Waals surface area contributed by atoms with Gasteiger partial charge in [0, 0.05) is 18.2 Å². The van der Waals surface area contributed by atoms with Crippen LogP contribution in [0.25, 0.3) is 18.2 Å². The summed E-state index contributed by atoms with van der Waals surface area (Å²) >= 11 is 0. The number of carbonyl (C=O) groups is 1. The number of methoxy groups -OCH3 is 3. The van der Waals surface area contributed by atoms with E-state index in [4.69, 9.17) is 14.2 Å². The zero-order valence-electron chi connectivity index (χ0n) is 19.3. The van der Waals surface area contributed by atoms with E-state index in [2.05, 4.69) is 5.32 Å². The highest BCUT2D eigenvalue weighted by Crippen LogP contribution is 2.38. The Kier molecular flexibility index (Phi) is 8.07. The lowest BCUT2D eigenvalue weighted by Gasteiger charge is -2.12. The monoisotopic (exact) mass is 476 g/mol. The second-order valence-corrected chi connectivity index (χ2v) is 7.24. The van der Waals surface area contributed by atoms with Crippen LogP contribution in [0.5, 0.6) is 23.0 Å². The molecular formula is C26H24N2O7. The van der Waals surface area contributed by atoms with Gasteiger partial charge in [0.15, 0.2) is 11.5 Å². The summed E-state index contributed by atoms with van der Waals surface area (Å²) in [6.07, 6.45) is 6.41. The van der Waals surface area contributed by atoms with Crippen molar-refractivity contribution in [2.24, 2.45) is 0 Å². The molecule has 9 heteroatoms. The molecule has 1 amide bonds. The van der Waals surface area contributed by atoms with E-state index in [-0.39, 0.29) is 17.1 Å². The van der Waals surface area contributed by atoms with Gasteiger partial charge in [0.25, 0.3) is 5.69 Å². The number of non-ortho nitro benzene ring substituents is 1. The third kappa shape index (κ3) is 6.38. The molecule has 180 valence electrons. The van der Waals surface area contributed by atoms with Gasteiger partial charge in [-0.2, -0.15) is 0 Å². The standard InChI is InChI=1S/C26H24N2O7/c1-33-23-15-19(16-24(34-2)26(23)35-3)5-4-18-8-12-21(22(29)14-18)27-25(30)13-9-17-6-10-20(11-7-17)28(31)32/h4-16,29H,1-3H3,(H,27,30)/b5-4+,13-9+. The highest BCUT2D eigenvalue weighted by Gasteiger charge is 2.12. The number of benzene rings is 3. The molecule has 0 spiro atoms. The number of ether oxygens (including phenoxy) is 3. The summed E-state index contributed by atoms with van der Waals surface area (Å²) in [5.74, 6) is 0.976. The van der Waals surface area contributed by atoms with E-state index >= 15 is 0 Å². The first-order valence-electron chi connectivity index (χ1n) is 10.4. The molecule has 0 fully saturated rings. The average Bonchev–Trinajstić information content (AvgIpc) is 2.87. The van der Waals surface area contributed by atoms with Crippen molar-refractivity contribution in [3.05, 3.63) is 87.5 Å². The maximum Gasteiger partial charge on any atom is 0.269 e. The molecule has 0 aliphatic heterocycles. The molecule has 0 atom stereocenters.